The molecule has 0 aliphatic carbocycles. The molecule has 0 atom stereocenters. The van der Waals surface area contributed by atoms with Gasteiger partial charge in [0.15, 0.2) is 5.96 Å². The van der Waals surface area contributed by atoms with Crippen LogP contribution in [0.1, 0.15) is 25.5 Å². The summed E-state index contributed by atoms with van der Waals surface area (Å²) in [5, 5.41) is 11.8. The van der Waals surface area contributed by atoms with E-state index in [1.807, 2.05) is 11.3 Å². The molecule has 5 nitrogen and oxygen atoms in total. The Kier molecular flexibility index (Phi) is 7.61. The highest BCUT2D eigenvalue weighted by molar-refractivity contribution is 14.0. The molecule has 3 N–H and O–H groups in total. The van der Waals surface area contributed by atoms with Gasteiger partial charge >= 0.3 is 0 Å². The molecule has 3 aromatic rings. The van der Waals surface area contributed by atoms with Crippen LogP contribution in [0.5, 0.6) is 0 Å². The van der Waals surface area contributed by atoms with Crippen LogP contribution in [0, 0.1) is 0 Å². The van der Waals surface area contributed by atoms with Gasteiger partial charge in [0.25, 0.3) is 0 Å². The van der Waals surface area contributed by atoms with E-state index < -0.39 is 0 Å². The number of piperidine rings is 1. The highest BCUT2D eigenvalue weighted by Gasteiger charge is 2.20. The lowest BCUT2D eigenvalue weighted by Gasteiger charge is -2.33. The summed E-state index contributed by atoms with van der Waals surface area (Å²) in [6.45, 7) is 5.82. The Balaban J connectivity index is 0.00000225. The molecule has 1 aliphatic rings. The maximum Gasteiger partial charge on any atom is 0.191 e. The molecule has 1 aromatic carbocycles. The van der Waals surface area contributed by atoms with Crippen molar-refractivity contribution in [3.05, 3.63) is 53.5 Å². The summed E-state index contributed by atoms with van der Waals surface area (Å²) in [5.74, 6) is 0.908. The van der Waals surface area contributed by atoms with Gasteiger partial charge in [0.1, 0.15) is 0 Å². The van der Waals surface area contributed by atoms with Gasteiger partial charge < -0.3 is 20.5 Å². The molecule has 3 heterocycles. The number of guanidine groups is 1. The van der Waals surface area contributed by atoms with Crippen molar-refractivity contribution in [3.8, 4) is 0 Å². The van der Waals surface area contributed by atoms with Gasteiger partial charge in [-0.2, -0.15) is 0 Å². The number of hydrogen-bond donors (Lipinski definition) is 3. The van der Waals surface area contributed by atoms with Crippen molar-refractivity contribution < 1.29 is 0 Å². The number of aromatic amines is 1. The fourth-order valence-corrected chi connectivity index (χ4v) is 4.38. The van der Waals surface area contributed by atoms with E-state index in [1.54, 1.807) is 0 Å². The first-order valence-corrected chi connectivity index (χ1v) is 10.6. The Morgan fingerprint density at radius 1 is 1.21 bits per heavy atom. The molecule has 0 unspecified atom stereocenters. The molecule has 2 aromatic heterocycles. The van der Waals surface area contributed by atoms with Crippen LogP contribution in [0.25, 0.3) is 10.9 Å². The molecule has 0 radical (unpaired) electrons. The number of fused-ring (bicyclic) bond motifs is 1. The maximum atomic E-state index is 4.79. The van der Waals surface area contributed by atoms with Gasteiger partial charge in [-0.05, 0) is 54.8 Å². The van der Waals surface area contributed by atoms with Crippen LogP contribution >= 0.6 is 35.3 Å². The number of aliphatic imine (C=N–C) groups is 1. The topological polar surface area (TPSA) is 55.5 Å². The first-order chi connectivity index (χ1) is 13.3. The predicted molar refractivity (Wildman–Crippen MR) is 131 cm³/mol. The molecule has 1 aliphatic heterocycles. The zero-order valence-electron chi connectivity index (χ0n) is 16.1. The number of anilines is 1. The van der Waals surface area contributed by atoms with E-state index in [9.17, 15) is 0 Å². The van der Waals surface area contributed by atoms with Crippen molar-refractivity contribution in [1.82, 2.24) is 15.6 Å². The van der Waals surface area contributed by atoms with Crippen LogP contribution in [0.4, 0.5) is 5.00 Å². The number of nitrogens with zero attached hydrogens (tertiary/aromatic N) is 2. The van der Waals surface area contributed by atoms with Crippen molar-refractivity contribution in [2.45, 2.75) is 32.4 Å². The zero-order valence-corrected chi connectivity index (χ0v) is 19.3. The third kappa shape index (κ3) is 5.20. The minimum Gasteiger partial charge on any atom is -0.363 e. The van der Waals surface area contributed by atoms with Crippen LogP contribution in [0.2, 0.25) is 0 Å². The number of H-pyrrole nitrogens is 1. The number of hydrogen-bond acceptors (Lipinski definition) is 3. The molecular formula is C21H28IN5S. The number of rotatable bonds is 5. The molecule has 0 bridgehead atoms. The third-order valence-corrected chi connectivity index (χ3v) is 5.92. The largest absolute Gasteiger partial charge is 0.363 e. The van der Waals surface area contributed by atoms with Gasteiger partial charge in [0.05, 0.1) is 11.5 Å². The van der Waals surface area contributed by atoms with Gasteiger partial charge in [0.2, 0.25) is 0 Å². The quantitative estimate of drug-likeness (QED) is 0.268. The highest BCUT2D eigenvalue weighted by Crippen LogP contribution is 2.24. The summed E-state index contributed by atoms with van der Waals surface area (Å²) in [7, 11) is 0. The molecule has 1 saturated heterocycles. The van der Waals surface area contributed by atoms with Gasteiger partial charge in [-0.15, -0.1) is 35.3 Å². The van der Waals surface area contributed by atoms with E-state index in [0.29, 0.717) is 12.6 Å². The van der Waals surface area contributed by atoms with Crippen molar-refractivity contribution in [2.75, 3.05) is 24.5 Å². The summed E-state index contributed by atoms with van der Waals surface area (Å²) < 4.78 is 0. The van der Waals surface area contributed by atoms with Crippen molar-refractivity contribution in [2.24, 2.45) is 4.99 Å². The number of thiophene rings is 1. The van der Waals surface area contributed by atoms with Crippen molar-refractivity contribution in [1.29, 1.82) is 0 Å². The molecule has 0 saturated carbocycles. The molecule has 4 rings (SSSR count). The zero-order chi connectivity index (χ0) is 18.5. The lowest BCUT2D eigenvalue weighted by Crippen LogP contribution is -2.48. The molecular weight excluding hydrogens is 481 g/mol. The van der Waals surface area contributed by atoms with E-state index in [4.69, 9.17) is 4.99 Å². The summed E-state index contributed by atoms with van der Waals surface area (Å²) in [6.07, 6.45) is 2.27. The smallest absolute Gasteiger partial charge is 0.191 e. The second-order valence-corrected chi connectivity index (χ2v) is 7.86. The van der Waals surface area contributed by atoms with Crippen molar-refractivity contribution in [3.63, 3.8) is 0 Å². The number of aromatic nitrogens is 1. The van der Waals surface area contributed by atoms with E-state index >= 15 is 0 Å². The van der Waals surface area contributed by atoms with E-state index in [0.717, 1.165) is 44.1 Å². The van der Waals surface area contributed by atoms with Gasteiger partial charge in [-0.25, -0.2) is 4.99 Å². The predicted octanol–water partition coefficient (Wildman–Crippen LogP) is 4.57. The minimum absolute atomic E-state index is 0. The van der Waals surface area contributed by atoms with Crippen LogP contribution in [-0.2, 0) is 6.54 Å². The standard InChI is InChI=1S/C21H27N5S.HI/c1-2-22-21(23-15-18-14-16-6-3-4-7-19(16)24-18)25-17-9-11-26(12-10-17)20-8-5-13-27-20;/h3-8,13-14,17,24H,2,9-12,15H2,1H3,(H2,22,23,25);1H. The first-order valence-electron chi connectivity index (χ1n) is 9.72. The number of nitrogens with one attached hydrogen (secondary N) is 3. The molecule has 1 fully saturated rings. The highest BCUT2D eigenvalue weighted by atomic mass is 127. The van der Waals surface area contributed by atoms with Crippen LogP contribution in [0.3, 0.4) is 0 Å². The summed E-state index contributed by atoms with van der Waals surface area (Å²) in [5.41, 5.74) is 2.31. The molecule has 0 spiro atoms. The van der Waals surface area contributed by atoms with Crippen LogP contribution in [0.15, 0.2) is 52.8 Å². The summed E-state index contributed by atoms with van der Waals surface area (Å²) >= 11 is 1.83. The third-order valence-electron chi connectivity index (χ3n) is 4.99. The number of benzene rings is 1. The Morgan fingerprint density at radius 3 is 2.75 bits per heavy atom. The van der Waals surface area contributed by atoms with E-state index in [-0.39, 0.29) is 24.0 Å². The second kappa shape index (κ2) is 10.2. The molecule has 28 heavy (non-hydrogen) atoms. The second-order valence-electron chi connectivity index (χ2n) is 6.93. The Morgan fingerprint density at radius 2 is 2.04 bits per heavy atom. The average Bonchev–Trinajstić information content (AvgIpc) is 3.36. The average molecular weight is 509 g/mol. The SMILES string of the molecule is CCNC(=NCc1cc2ccccc2[nH]1)NC1CCN(c2cccs2)CC1.I. The maximum absolute atomic E-state index is 4.79. The van der Waals surface area contributed by atoms with E-state index in [2.05, 4.69) is 75.3 Å². The number of halogens is 1. The Bertz CT molecular complexity index is 848. The Hall–Kier alpha value is -1.74. The fourth-order valence-electron chi connectivity index (χ4n) is 3.59. The fraction of sp³-hybridized carbons (Fsp3) is 0.381. The van der Waals surface area contributed by atoms with Gasteiger partial charge in [-0.1, -0.05) is 18.2 Å². The lowest BCUT2D eigenvalue weighted by molar-refractivity contribution is 0.463. The molecule has 7 heteroatoms. The number of para-hydroxylation sites is 1. The van der Waals surface area contributed by atoms with Crippen LogP contribution < -0.4 is 15.5 Å². The monoisotopic (exact) mass is 509 g/mol. The van der Waals surface area contributed by atoms with Crippen LogP contribution in [-0.4, -0.2) is 36.6 Å². The summed E-state index contributed by atoms with van der Waals surface area (Å²) in [6, 6.07) is 15.4. The van der Waals surface area contributed by atoms with E-state index in [1.165, 1.54) is 15.9 Å². The lowest BCUT2D eigenvalue weighted by atomic mass is 10.1. The first kappa shape index (κ1) is 21.0. The molecule has 150 valence electrons. The molecule has 0 amide bonds. The summed E-state index contributed by atoms with van der Waals surface area (Å²) in [4.78, 5) is 10.7. The van der Waals surface area contributed by atoms with Gasteiger partial charge in [-0.3, -0.25) is 0 Å². The van der Waals surface area contributed by atoms with Crippen molar-refractivity contribution >= 4 is 57.2 Å². The minimum atomic E-state index is 0. The van der Waals surface area contributed by atoms with Gasteiger partial charge in [0, 0.05) is 36.9 Å². The Labute approximate surface area is 187 Å². The normalized spacial score (nSPS) is 15.5.